The number of aliphatic hydroxyl groups excluding tert-OH is 1. The van der Waals surface area contributed by atoms with E-state index in [1.807, 2.05) is 24.3 Å². The number of benzene rings is 1. The molecular formula is C18H24ClN3O3. The third kappa shape index (κ3) is 3.83. The van der Waals surface area contributed by atoms with Crippen LogP contribution in [-0.4, -0.2) is 66.4 Å². The van der Waals surface area contributed by atoms with Gasteiger partial charge >= 0.3 is 0 Å². The number of halogens is 1. The molecule has 4 rings (SSSR count). The first-order chi connectivity index (χ1) is 12.1. The molecule has 0 radical (unpaired) electrons. The van der Waals surface area contributed by atoms with Gasteiger partial charge in [0.1, 0.15) is 0 Å². The largest absolute Gasteiger partial charge is 0.392 e. The standard InChI is InChI=1S/C18H24ClN3O3/c19-12-3-1-11(2-4-12)17-9-22-8-13(5-14(22)10-25-17)21-18(24)16-6-15(23)7-20-16/h1-4,13-17,20,23H,5-10H2,(H,21,24)/t13-,14-,15+,16-,17+/m0/s1. The summed E-state index contributed by atoms with van der Waals surface area (Å²) in [4.78, 5) is 14.7. The molecule has 3 N–H and O–H groups in total. The number of nitrogens with zero attached hydrogens (tertiary/aromatic N) is 1. The maximum atomic E-state index is 12.3. The first kappa shape index (κ1) is 17.2. The van der Waals surface area contributed by atoms with Gasteiger partial charge < -0.3 is 20.5 Å². The van der Waals surface area contributed by atoms with E-state index in [0.717, 1.165) is 30.1 Å². The van der Waals surface area contributed by atoms with Gasteiger partial charge in [0, 0.05) is 36.7 Å². The van der Waals surface area contributed by atoms with Crippen molar-refractivity contribution < 1.29 is 14.6 Å². The Labute approximate surface area is 152 Å². The van der Waals surface area contributed by atoms with Crippen molar-refractivity contribution in [2.75, 3.05) is 26.2 Å². The Morgan fingerprint density at radius 1 is 1.28 bits per heavy atom. The van der Waals surface area contributed by atoms with E-state index in [9.17, 15) is 9.90 Å². The van der Waals surface area contributed by atoms with Crippen molar-refractivity contribution in [2.45, 2.75) is 43.2 Å². The first-order valence-corrected chi connectivity index (χ1v) is 9.29. The average Bonchev–Trinajstić information content (AvgIpc) is 3.20. The van der Waals surface area contributed by atoms with Crippen LogP contribution in [0.25, 0.3) is 0 Å². The van der Waals surface area contributed by atoms with Crippen molar-refractivity contribution in [1.29, 1.82) is 0 Å². The van der Waals surface area contributed by atoms with E-state index in [1.165, 1.54) is 0 Å². The summed E-state index contributed by atoms with van der Waals surface area (Å²) in [5.74, 6) is -0.00318. The van der Waals surface area contributed by atoms with Crippen LogP contribution in [0.15, 0.2) is 24.3 Å². The van der Waals surface area contributed by atoms with Gasteiger partial charge in [-0.3, -0.25) is 9.69 Å². The molecule has 3 aliphatic heterocycles. The minimum Gasteiger partial charge on any atom is -0.392 e. The van der Waals surface area contributed by atoms with Crippen LogP contribution >= 0.6 is 11.6 Å². The number of amides is 1. The van der Waals surface area contributed by atoms with Gasteiger partial charge in [0.2, 0.25) is 5.91 Å². The lowest BCUT2D eigenvalue weighted by atomic mass is 10.1. The molecule has 0 spiro atoms. The zero-order valence-electron chi connectivity index (χ0n) is 14.0. The van der Waals surface area contributed by atoms with Crippen LogP contribution in [-0.2, 0) is 9.53 Å². The molecule has 136 valence electrons. The van der Waals surface area contributed by atoms with Crippen LogP contribution in [0.2, 0.25) is 5.02 Å². The van der Waals surface area contributed by atoms with E-state index in [1.54, 1.807) is 0 Å². The van der Waals surface area contributed by atoms with E-state index in [2.05, 4.69) is 15.5 Å². The number of nitrogens with one attached hydrogen (secondary N) is 2. The number of hydrogen-bond donors (Lipinski definition) is 3. The fourth-order valence-corrected chi connectivity index (χ4v) is 4.20. The van der Waals surface area contributed by atoms with E-state index in [0.29, 0.717) is 25.6 Å². The second-order valence-electron chi connectivity index (χ2n) is 7.27. The minimum atomic E-state index is -0.417. The van der Waals surface area contributed by atoms with Crippen LogP contribution in [0.4, 0.5) is 0 Å². The van der Waals surface area contributed by atoms with Crippen LogP contribution in [0.5, 0.6) is 0 Å². The second-order valence-corrected chi connectivity index (χ2v) is 7.71. The predicted molar refractivity (Wildman–Crippen MR) is 94.5 cm³/mol. The Kier molecular flexibility index (Phi) is 4.97. The molecule has 0 aliphatic carbocycles. The number of aliphatic hydroxyl groups is 1. The molecule has 0 unspecified atom stereocenters. The van der Waals surface area contributed by atoms with Crippen molar-refractivity contribution in [2.24, 2.45) is 0 Å². The number of fused-ring (bicyclic) bond motifs is 1. The molecule has 0 bridgehead atoms. The van der Waals surface area contributed by atoms with Crippen molar-refractivity contribution in [1.82, 2.24) is 15.5 Å². The molecule has 3 saturated heterocycles. The van der Waals surface area contributed by atoms with Gasteiger partial charge in [-0.05, 0) is 30.5 Å². The smallest absolute Gasteiger partial charge is 0.237 e. The van der Waals surface area contributed by atoms with Gasteiger partial charge in [-0.2, -0.15) is 0 Å². The Morgan fingerprint density at radius 2 is 2.08 bits per heavy atom. The highest BCUT2D eigenvalue weighted by atomic mass is 35.5. The van der Waals surface area contributed by atoms with Gasteiger partial charge in [-0.25, -0.2) is 0 Å². The van der Waals surface area contributed by atoms with Crippen LogP contribution in [0.3, 0.4) is 0 Å². The van der Waals surface area contributed by atoms with E-state index < -0.39 is 6.10 Å². The zero-order valence-corrected chi connectivity index (χ0v) is 14.8. The quantitative estimate of drug-likeness (QED) is 0.735. The topological polar surface area (TPSA) is 73.8 Å². The molecule has 1 aromatic carbocycles. The first-order valence-electron chi connectivity index (χ1n) is 8.91. The fourth-order valence-electron chi connectivity index (χ4n) is 4.08. The number of carbonyl (C=O) groups is 1. The molecule has 0 aromatic heterocycles. The SMILES string of the molecule is O=C(N[C@H]1C[C@H]2CO[C@@H](c3ccc(Cl)cc3)CN2C1)[C@@H]1C[C@@H](O)CN1. The Balaban J connectivity index is 1.32. The van der Waals surface area contributed by atoms with Crippen LogP contribution in [0, 0.1) is 0 Å². The summed E-state index contributed by atoms with van der Waals surface area (Å²) in [5.41, 5.74) is 1.14. The van der Waals surface area contributed by atoms with E-state index in [4.69, 9.17) is 16.3 Å². The number of hydrogen-bond acceptors (Lipinski definition) is 5. The summed E-state index contributed by atoms with van der Waals surface area (Å²) in [6, 6.07) is 8.04. The van der Waals surface area contributed by atoms with Gasteiger partial charge in [-0.1, -0.05) is 23.7 Å². The summed E-state index contributed by atoms with van der Waals surface area (Å²) >= 11 is 5.96. The van der Waals surface area contributed by atoms with E-state index in [-0.39, 0.29) is 24.1 Å². The monoisotopic (exact) mass is 365 g/mol. The lowest BCUT2D eigenvalue weighted by Crippen LogP contribution is -2.46. The molecule has 1 aromatic rings. The van der Waals surface area contributed by atoms with Gasteiger partial charge in [0.15, 0.2) is 0 Å². The van der Waals surface area contributed by atoms with Crippen molar-refractivity contribution in [3.8, 4) is 0 Å². The summed E-state index contributed by atoms with van der Waals surface area (Å²) in [6.07, 6.45) is 1.04. The second kappa shape index (κ2) is 7.21. The van der Waals surface area contributed by atoms with Crippen molar-refractivity contribution in [3.63, 3.8) is 0 Å². The molecule has 3 fully saturated rings. The van der Waals surface area contributed by atoms with E-state index >= 15 is 0 Å². The van der Waals surface area contributed by atoms with Crippen LogP contribution in [0.1, 0.15) is 24.5 Å². The highest BCUT2D eigenvalue weighted by Gasteiger charge is 2.39. The summed E-state index contributed by atoms with van der Waals surface area (Å²) in [6.45, 7) is 2.85. The number of ether oxygens (including phenoxy) is 1. The number of morpholine rings is 1. The average molecular weight is 366 g/mol. The highest BCUT2D eigenvalue weighted by molar-refractivity contribution is 6.30. The predicted octanol–water partition coefficient (Wildman–Crippen LogP) is 0.693. The highest BCUT2D eigenvalue weighted by Crippen LogP contribution is 2.30. The molecule has 3 aliphatic rings. The molecule has 6 nitrogen and oxygen atoms in total. The molecule has 7 heteroatoms. The third-order valence-electron chi connectivity index (χ3n) is 5.43. The summed E-state index contributed by atoms with van der Waals surface area (Å²) in [7, 11) is 0. The maximum absolute atomic E-state index is 12.3. The summed E-state index contributed by atoms with van der Waals surface area (Å²) < 4.78 is 6.04. The Morgan fingerprint density at radius 3 is 2.80 bits per heavy atom. The maximum Gasteiger partial charge on any atom is 0.237 e. The lowest BCUT2D eigenvalue weighted by Gasteiger charge is -2.35. The molecule has 25 heavy (non-hydrogen) atoms. The normalized spacial score (nSPS) is 35.5. The van der Waals surface area contributed by atoms with Crippen molar-refractivity contribution in [3.05, 3.63) is 34.9 Å². The number of carbonyl (C=O) groups excluding carboxylic acids is 1. The lowest BCUT2D eigenvalue weighted by molar-refractivity contribution is -0.123. The Hall–Kier alpha value is -1.18. The third-order valence-corrected chi connectivity index (χ3v) is 5.68. The Bertz CT molecular complexity index is 626. The molecule has 5 atom stereocenters. The fraction of sp³-hybridized carbons (Fsp3) is 0.611. The van der Waals surface area contributed by atoms with Gasteiger partial charge in [0.05, 0.1) is 24.9 Å². The minimum absolute atomic E-state index is 0.00318. The number of rotatable bonds is 3. The molecule has 3 heterocycles. The van der Waals surface area contributed by atoms with Crippen molar-refractivity contribution >= 4 is 17.5 Å². The molecule has 0 saturated carbocycles. The molecular weight excluding hydrogens is 342 g/mol. The van der Waals surface area contributed by atoms with Crippen LogP contribution < -0.4 is 10.6 Å². The number of β-amino-alcohol motifs (C(OH)–C–C–N with tert-alkyl or cyclic N) is 1. The zero-order chi connectivity index (χ0) is 17.4. The molecule has 1 amide bonds. The van der Waals surface area contributed by atoms with Gasteiger partial charge in [-0.15, -0.1) is 0 Å². The summed E-state index contributed by atoms with van der Waals surface area (Å²) in [5, 5.41) is 16.5. The van der Waals surface area contributed by atoms with Gasteiger partial charge in [0.25, 0.3) is 0 Å².